The van der Waals surface area contributed by atoms with Gasteiger partial charge < -0.3 is 15.0 Å². The van der Waals surface area contributed by atoms with Crippen molar-refractivity contribution in [1.82, 2.24) is 10.3 Å². The lowest BCUT2D eigenvalue weighted by atomic mass is 9.88. The summed E-state index contributed by atoms with van der Waals surface area (Å²) in [4.78, 5) is 19.7. The summed E-state index contributed by atoms with van der Waals surface area (Å²) in [5, 5.41) is 3.39. The Morgan fingerprint density at radius 2 is 2.08 bits per heavy atom. The van der Waals surface area contributed by atoms with Crippen LogP contribution in [0, 0.1) is 0 Å². The molecular formula is C18H21N3O2S. The van der Waals surface area contributed by atoms with Gasteiger partial charge in [-0.15, -0.1) is 11.3 Å². The van der Waals surface area contributed by atoms with Gasteiger partial charge >= 0.3 is 0 Å². The van der Waals surface area contributed by atoms with E-state index in [0.717, 1.165) is 38.0 Å². The summed E-state index contributed by atoms with van der Waals surface area (Å²) in [6, 6.07) is 9.97. The molecule has 1 amide bonds. The molecule has 24 heavy (non-hydrogen) atoms. The van der Waals surface area contributed by atoms with E-state index in [2.05, 4.69) is 10.3 Å². The van der Waals surface area contributed by atoms with Gasteiger partial charge in [-0.05, 0) is 44.5 Å². The summed E-state index contributed by atoms with van der Waals surface area (Å²) in [6.45, 7) is 2.57. The smallest absolute Gasteiger partial charge is 0.270 e. The standard InChI is InChI=1S/C18H21N3O2S/c22-17(16-11-20-13-24-16)21(14-4-2-1-3-5-14)15-10-18(23-12-15)6-8-19-9-7-18/h1-5,11,13,15,19H,6-10,12H2/t15-/m0/s1. The average Bonchev–Trinajstić information content (AvgIpc) is 3.28. The Morgan fingerprint density at radius 3 is 2.79 bits per heavy atom. The molecule has 4 rings (SSSR count). The number of ether oxygens (including phenoxy) is 1. The van der Waals surface area contributed by atoms with Crippen LogP contribution in [0.1, 0.15) is 28.9 Å². The minimum atomic E-state index is -0.0725. The summed E-state index contributed by atoms with van der Waals surface area (Å²) < 4.78 is 6.22. The van der Waals surface area contributed by atoms with Crippen LogP contribution in [0.25, 0.3) is 0 Å². The highest BCUT2D eigenvalue weighted by Crippen LogP contribution is 2.38. The lowest BCUT2D eigenvalue weighted by Crippen LogP contribution is -2.44. The third kappa shape index (κ3) is 2.97. The highest BCUT2D eigenvalue weighted by Gasteiger charge is 2.44. The molecule has 3 heterocycles. The zero-order valence-electron chi connectivity index (χ0n) is 13.5. The molecule has 2 saturated heterocycles. The number of nitrogens with one attached hydrogen (secondary N) is 1. The first-order chi connectivity index (χ1) is 11.8. The van der Waals surface area contributed by atoms with Gasteiger partial charge in [0.15, 0.2) is 0 Å². The fourth-order valence-electron chi connectivity index (χ4n) is 3.74. The van der Waals surface area contributed by atoms with Gasteiger partial charge in [0.1, 0.15) is 4.88 Å². The Kier molecular flexibility index (Phi) is 4.35. The van der Waals surface area contributed by atoms with Crippen LogP contribution in [0.2, 0.25) is 0 Å². The summed E-state index contributed by atoms with van der Waals surface area (Å²) in [5.74, 6) is 0.0169. The molecule has 126 valence electrons. The molecule has 0 radical (unpaired) electrons. The number of benzene rings is 1. The van der Waals surface area contributed by atoms with Crippen molar-refractivity contribution in [2.75, 3.05) is 24.6 Å². The predicted octanol–water partition coefficient (Wildman–Crippen LogP) is 2.70. The van der Waals surface area contributed by atoms with Crippen LogP contribution in [-0.4, -0.2) is 42.2 Å². The van der Waals surface area contributed by atoms with Gasteiger partial charge in [0.2, 0.25) is 0 Å². The number of hydrogen-bond acceptors (Lipinski definition) is 5. The van der Waals surface area contributed by atoms with E-state index in [9.17, 15) is 4.79 Å². The Bertz CT molecular complexity index is 684. The molecule has 6 heteroatoms. The lowest BCUT2D eigenvalue weighted by Gasteiger charge is -2.34. The number of anilines is 1. The predicted molar refractivity (Wildman–Crippen MR) is 94.6 cm³/mol. The second-order valence-corrected chi connectivity index (χ2v) is 7.36. The molecule has 2 aromatic rings. The van der Waals surface area contributed by atoms with E-state index >= 15 is 0 Å². The summed E-state index contributed by atoms with van der Waals surface area (Å²) in [5.41, 5.74) is 2.56. The van der Waals surface area contributed by atoms with Crippen LogP contribution in [-0.2, 0) is 4.74 Å². The molecule has 2 aliphatic heterocycles. The molecule has 0 aliphatic carbocycles. The molecule has 1 aromatic heterocycles. The molecule has 1 spiro atoms. The van der Waals surface area contributed by atoms with E-state index < -0.39 is 0 Å². The topological polar surface area (TPSA) is 54.5 Å². The Morgan fingerprint density at radius 1 is 1.29 bits per heavy atom. The van der Waals surface area contributed by atoms with Crippen LogP contribution in [0.4, 0.5) is 5.69 Å². The van der Waals surface area contributed by atoms with Crippen molar-refractivity contribution in [3.05, 3.63) is 46.9 Å². The van der Waals surface area contributed by atoms with Crippen molar-refractivity contribution in [3.63, 3.8) is 0 Å². The van der Waals surface area contributed by atoms with E-state index in [1.165, 1.54) is 11.3 Å². The minimum Gasteiger partial charge on any atom is -0.373 e. The van der Waals surface area contributed by atoms with Gasteiger partial charge in [0.25, 0.3) is 5.91 Å². The van der Waals surface area contributed by atoms with E-state index in [1.54, 1.807) is 11.7 Å². The fraction of sp³-hybridized carbons (Fsp3) is 0.444. The highest BCUT2D eigenvalue weighted by molar-refractivity contribution is 7.11. The number of piperidine rings is 1. The lowest BCUT2D eigenvalue weighted by molar-refractivity contribution is -0.0193. The van der Waals surface area contributed by atoms with Crippen molar-refractivity contribution in [2.24, 2.45) is 0 Å². The van der Waals surface area contributed by atoms with Crippen LogP contribution in [0.3, 0.4) is 0 Å². The number of hydrogen-bond donors (Lipinski definition) is 1. The Hall–Kier alpha value is -1.76. The van der Waals surface area contributed by atoms with Crippen LogP contribution in [0.15, 0.2) is 42.0 Å². The largest absolute Gasteiger partial charge is 0.373 e. The summed E-state index contributed by atoms with van der Waals surface area (Å²) >= 11 is 1.39. The van der Waals surface area contributed by atoms with Gasteiger partial charge in [0.05, 0.1) is 30.0 Å². The van der Waals surface area contributed by atoms with Crippen molar-refractivity contribution < 1.29 is 9.53 Å². The van der Waals surface area contributed by atoms with Crippen molar-refractivity contribution in [1.29, 1.82) is 0 Å². The molecule has 5 nitrogen and oxygen atoms in total. The maximum Gasteiger partial charge on any atom is 0.270 e. The average molecular weight is 343 g/mol. The van der Waals surface area contributed by atoms with Gasteiger partial charge in [-0.1, -0.05) is 18.2 Å². The zero-order valence-corrected chi connectivity index (χ0v) is 14.3. The van der Waals surface area contributed by atoms with E-state index in [1.807, 2.05) is 35.2 Å². The molecular weight excluding hydrogens is 322 g/mol. The molecule has 2 aliphatic rings. The van der Waals surface area contributed by atoms with Crippen LogP contribution >= 0.6 is 11.3 Å². The van der Waals surface area contributed by atoms with E-state index in [4.69, 9.17) is 4.74 Å². The third-order valence-electron chi connectivity index (χ3n) is 4.97. The zero-order chi connectivity index (χ0) is 16.4. The Balaban J connectivity index is 1.62. The molecule has 0 bridgehead atoms. The number of thiazole rings is 1. The van der Waals surface area contributed by atoms with Gasteiger partial charge in [-0.3, -0.25) is 9.78 Å². The third-order valence-corrected chi connectivity index (χ3v) is 5.73. The normalized spacial score (nSPS) is 22.6. The first kappa shape index (κ1) is 15.7. The maximum atomic E-state index is 13.1. The van der Waals surface area contributed by atoms with Crippen LogP contribution in [0.5, 0.6) is 0 Å². The van der Waals surface area contributed by atoms with Gasteiger partial charge in [-0.25, -0.2) is 0 Å². The second kappa shape index (κ2) is 6.63. The summed E-state index contributed by atoms with van der Waals surface area (Å²) in [6.07, 6.45) is 4.58. The van der Waals surface area contributed by atoms with Crippen LogP contribution < -0.4 is 10.2 Å². The van der Waals surface area contributed by atoms with Gasteiger partial charge in [-0.2, -0.15) is 0 Å². The van der Waals surface area contributed by atoms with E-state index in [-0.39, 0.29) is 17.6 Å². The summed E-state index contributed by atoms with van der Waals surface area (Å²) in [7, 11) is 0. The quantitative estimate of drug-likeness (QED) is 0.931. The number of amides is 1. The molecule has 1 aromatic carbocycles. The fourth-order valence-corrected chi connectivity index (χ4v) is 4.30. The van der Waals surface area contributed by atoms with Crippen molar-refractivity contribution >= 4 is 22.9 Å². The number of nitrogens with zero attached hydrogens (tertiary/aromatic N) is 2. The monoisotopic (exact) mass is 343 g/mol. The molecule has 1 N–H and O–H groups in total. The Labute approximate surface area is 145 Å². The number of aromatic nitrogens is 1. The number of carbonyl (C=O) groups excluding carboxylic acids is 1. The molecule has 2 fully saturated rings. The molecule has 1 atom stereocenters. The number of para-hydroxylation sites is 1. The first-order valence-corrected chi connectivity index (χ1v) is 9.27. The maximum absolute atomic E-state index is 13.1. The van der Waals surface area contributed by atoms with Crippen molar-refractivity contribution in [3.8, 4) is 0 Å². The molecule has 0 unspecified atom stereocenters. The molecule has 0 saturated carbocycles. The SMILES string of the molecule is O=C(c1cncs1)N(c1ccccc1)[C@@H]1COC2(CCNCC2)C1. The highest BCUT2D eigenvalue weighted by atomic mass is 32.1. The van der Waals surface area contributed by atoms with E-state index in [0.29, 0.717) is 11.5 Å². The van der Waals surface area contributed by atoms with Gasteiger partial charge in [0, 0.05) is 5.69 Å². The first-order valence-electron chi connectivity index (χ1n) is 8.39. The minimum absolute atomic E-state index is 0.0169. The second-order valence-electron chi connectivity index (χ2n) is 6.48. The number of carbonyl (C=O) groups is 1. The number of rotatable bonds is 3. The van der Waals surface area contributed by atoms with Crippen molar-refractivity contribution in [2.45, 2.75) is 30.9 Å².